The minimum atomic E-state index is -0.272. The Balaban J connectivity index is 1.99. The molecule has 2 aromatic heterocycles. The predicted molar refractivity (Wildman–Crippen MR) is 126 cm³/mol. The number of anilines is 1. The van der Waals surface area contributed by atoms with Crippen molar-refractivity contribution in [1.29, 1.82) is 0 Å². The van der Waals surface area contributed by atoms with E-state index in [1.54, 1.807) is 17.7 Å². The normalized spacial score (nSPS) is 10.8. The van der Waals surface area contributed by atoms with Crippen molar-refractivity contribution in [1.82, 2.24) is 9.78 Å². The van der Waals surface area contributed by atoms with Crippen LogP contribution in [-0.2, 0) is 0 Å². The van der Waals surface area contributed by atoms with E-state index in [1.165, 1.54) is 11.3 Å². The zero-order chi connectivity index (χ0) is 22.1. The van der Waals surface area contributed by atoms with Gasteiger partial charge < -0.3 is 5.32 Å². The molecule has 0 aliphatic rings. The van der Waals surface area contributed by atoms with Crippen molar-refractivity contribution in [3.8, 4) is 16.8 Å². The van der Waals surface area contributed by atoms with Crippen molar-refractivity contribution in [3.05, 3.63) is 97.5 Å². The first-order valence-electron chi connectivity index (χ1n) is 9.98. The van der Waals surface area contributed by atoms with Gasteiger partial charge in [-0.3, -0.25) is 9.59 Å². The number of benzene rings is 2. The largest absolute Gasteiger partial charge is 0.305 e. The second-order valence-corrected chi connectivity index (χ2v) is 8.56. The Morgan fingerprint density at radius 2 is 1.71 bits per heavy atom. The molecule has 31 heavy (non-hydrogen) atoms. The zero-order valence-electron chi connectivity index (χ0n) is 17.9. The summed E-state index contributed by atoms with van der Waals surface area (Å²) in [6.45, 7) is 7.76. The molecular formula is C25H23N3O2S. The SMILES string of the molecule is Cc1ccc(-c2c(NC(=O)c3cccs3)n(-c3ccc(C)c(C)c3)nc(C)c2=O)cc1. The van der Waals surface area contributed by atoms with Gasteiger partial charge in [0.25, 0.3) is 5.91 Å². The highest BCUT2D eigenvalue weighted by Crippen LogP contribution is 2.29. The van der Waals surface area contributed by atoms with Crippen molar-refractivity contribution in [2.75, 3.05) is 5.32 Å². The summed E-state index contributed by atoms with van der Waals surface area (Å²) in [5.41, 5.74) is 5.45. The highest BCUT2D eigenvalue weighted by molar-refractivity contribution is 7.12. The van der Waals surface area contributed by atoms with Crippen molar-refractivity contribution in [3.63, 3.8) is 0 Å². The van der Waals surface area contributed by atoms with Crippen LogP contribution in [0, 0.1) is 27.7 Å². The van der Waals surface area contributed by atoms with Crippen LogP contribution in [0.15, 0.2) is 64.8 Å². The molecule has 0 spiro atoms. The third kappa shape index (κ3) is 4.07. The van der Waals surface area contributed by atoms with Crippen LogP contribution in [-0.4, -0.2) is 15.7 Å². The Labute approximate surface area is 185 Å². The molecule has 0 fully saturated rings. The maximum absolute atomic E-state index is 13.2. The van der Waals surface area contributed by atoms with Gasteiger partial charge in [0.1, 0.15) is 11.5 Å². The van der Waals surface area contributed by atoms with Gasteiger partial charge in [0.05, 0.1) is 16.1 Å². The van der Waals surface area contributed by atoms with Crippen LogP contribution >= 0.6 is 11.3 Å². The molecule has 5 nitrogen and oxygen atoms in total. The lowest BCUT2D eigenvalue weighted by Crippen LogP contribution is -2.24. The molecule has 1 amide bonds. The van der Waals surface area contributed by atoms with Gasteiger partial charge in [0.2, 0.25) is 5.43 Å². The minimum absolute atomic E-state index is 0.203. The first kappa shape index (κ1) is 20.8. The number of carbonyl (C=O) groups is 1. The van der Waals surface area contributed by atoms with Crippen molar-refractivity contribution in [2.45, 2.75) is 27.7 Å². The van der Waals surface area contributed by atoms with Crippen LogP contribution < -0.4 is 10.7 Å². The fraction of sp³-hybridized carbons (Fsp3) is 0.160. The average molecular weight is 430 g/mol. The van der Waals surface area contributed by atoms with Gasteiger partial charge in [-0.2, -0.15) is 5.10 Å². The Morgan fingerprint density at radius 1 is 0.968 bits per heavy atom. The van der Waals surface area contributed by atoms with E-state index in [-0.39, 0.29) is 11.3 Å². The van der Waals surface area contributed by atoms with Gasteiger partial charge in [-0.1, -0.05) is 42.0 Å². The molecule has 1 N–H and O–H groups in total. The summed E-state index contributed by atoms with van der Waals surface area (Å²) in [5.74, 6) is 0.0899. The fourth-order valence-electron chi connectivity index (χ4n) is 3.36. The van der Waals surface area contributed by atoms with Crippen molar-refractivity contribution >= 4 is 23.1 Å². The molecular weight excluding hydrogens is 406 g/mol. The van der Waals surface area contributed by atoms with E-state index in [2.05, 4.69) is 10.4 Å². The van der Waals surface area contributed by atoms with Crippen LogP contribution in [0.2, 0.25) is 0 Å². The number of nitrogens with one attached hydrogen (secondary N) is 1. The number of hydrogen-bond acceptors (Lipinski definition) is 4. The summed E-state index contributed by atoms with van der Waals surface area (Å²) in [6.07, 6.45) is 0. The van der Waals surface area contributed by atoms with E-state index in [9.17, 15) is 9.59 Å². The molecule has 0 atom stereocenters. The summed E-state index contributed by atoms with van der Waals surface area (Å²) in [6, 6.07) is 17.2. The molecule has 6 heteroatoms. The van der Waals surface area contributed by atoms with Gasteiger partial charge in [-0.05, 0) is 68.0 Å². The lowest BCUT2D eigenvalue weighted by molar-refractivity contribution is 0.102. The molecule has 0 saturated carbocycles. The number of hydrogen-bond donors (Lipinski definition) is 1. The van der Waals surface area contributed by atoms with E-state index in [4.69, 9.17) is 0 Å². The van der Waals surface area contributed by atoms with Crippen LogP contribution in [0.3, 0.4) is 0 Å². The first-order valence-corrected chi connectivity index (χ1v) is 10.9. The fourth-order valence-corrected chi connectivity index (χ4v) is 3.98. The number of aromatic nitrogens is 2. The van der Waals surface area contributed by atoms with E-state index >= 15 is 0 Å². The summed E-state index contributed by atoms with van der Waals surface area (Å²) in [4.78, 5) is 26.8. The molecule has 0 bridgehead atoms. The van der Waals surface area contributed by atoms with Gasteiger partial charge in [-0.15, -0.1) is 11.3 Å². The number of nitrogens with zero attached hydrogens (tertiary/aromatic N) is 2. The summed E-state index contributed by atoms with van der Waals surface area (Å²) in [7, 11) is 0. The second-order valence-electron chi connectivity index (χ2n) is 7.62. The minimum Gasteiger partial charge on any atom is -0.305 e. The van der Waals surface area contributed by atoms with Crippen LogP contribution in [0.25, 0.3) is 16.8 Å². The maximum atomic E-state index is 13.2. The number of aryl methyl sites for hydroxylation is 4. The molecule has 0 radical (unpaired) electrons. The van der Waals surface area contributed by atoms with Gasteiger partial charge in [0.15, 0.2) is 0 Å². The average Bonchev–Trinajstić information content (AvgIpc) is 3.29. The number of amides is 1. The third-order valence-electron chi connectivity index (χ3n) is 5.31. The van der Waals surface area contributed by atoms with Crippen molar-refractivity contribution in [2.24, 2.45) is 0 Å². The zero-order valence-corrected chi connectivity index (χ0v) is 18.7. The lowest BCUT2D eigenvalue weighted by Gasteiger charge is -2.19. The van der Waals surface area contributed by atoms with Crippen LogP contribution in [0.4, 0.5) is 5.82 Å². The molecule has 4 aromatic rings. The second kappa shape index (κ2) is 8.32. The highest BCUT2D eigenvalue weighted by Gasteiger charge is 2.21. The lowest BCUT2D eigenvalue weighted by atomic mass is 10.0. The summed E-state index contributed by atoms with van der Waals surface area (Å²) in [5, 5.41) is 9.36. The molecule has 2 heterocycles. The third-order valence-corrected chi connectivity index (χ3v) is 6.18. The van der Waals surface area contributed by atoms with E-state index in [0.29, 0.717) is 22.0 Å². The maximum Gasteiger partial charge on any atom is 0.266 e. The highest BCUT2D eigenvalue weighted by atomic mass is 32.1. The van der Waals surface area contributed by atoms with Crippen LogP contribution in [0.5, 0.6) is 0 Å². The van der Waals surface area contributed by atoms with Crippen molar-refractivity contribution < 1.29 is 4.79 Å². The Kier molecular flexibility index (Phi) is 5.57. The van der Waals surface area contributed by atoms with Crippen LogP contribution in [0.1, 0.15) is 32.1 Å². The van der Waals surface area contributed by atoms with Gasteiger partial charge >= 0.3 is 0 Å². The Morgan fingerprint density at radius 3 is 2.35 bits per heavy atom. The molecule has 0 aliphatic carbocycles. The smallest absolute Gasteiger partial charge is 0.266 e. The van der Waals surface area contributed by atoms with Gasteiger partial charge in [0, 0.05) is 0 Å². The summed E-state index contributed by atoms with van der Waals surface area (Å²) >= 11 is 1.35. The monoisotopic (exact) mass is 429 g/mol. The Bertz CT molecular complexity index is 1320. The molecule has 4 rings (SSSR count). The number of carbonyl (C=O) groups excluding carboxylic acids is 1. The van der Waals surface area contributed by atoms with Gasteiger partial charge in [-0.25, -0.2) is 4.68 Å². The predicted octanol–water partition coefficient (Wildman–Crippen LogP) is 5.45. The first-order chi connectivity index (χ1) is 14.8. The number of rotatable bonds is 4. The standard InChI is InChI=1S/C25H23N3O2S/c1-15-7-10-19(11-8-15)22-23(29)18(4)27-28(20-12-9-16(2)17(3)14-20)24(22)26-25(30)21-6-5-13-31-21/h5-14H,1-4H3,(H,26,30). The van der Waals surface area contributed by atoms with E-state index in [1.807, 2.05) is 74.7 Å². The quantitative estimate of drug-likeness (QED) is 0.469. The molecule has 0 aliphatic heterocycles. The van der Waals surface area contributed by atoms with E-state index in [0.717, 1.165) is 27.9 Å². The molecule has 0 saturated heterocycles. The molecule has 2 aromatic carbocycles. The number of thiophene rings is 1. The molecule has 0 unspecified atom stereocenters. The topological polar surface area (TPSA) is 64.0 Å². The summed E-state index contributed by atoms with van der Waals surface area (Å²) < 4.78 is 1.66. The molecule has 156 valence electrons. The Hall–Kier alpha value is -3.51. The van der Waals surface area contributed by atoms with E-state index < -0.39 is 0 Å².